The molecule has 1 aromatic heterocycles. The van der Waals surface area contributed by atoms with Crippen LogP contribution in [0.1, 0.15) is 41.8 Å². The Bertz CT molecular complexity index is 1070. The van der Waals surface area contributed by atoms with Crippen LogP contribution in [0.5, 0.6) is 0 Å². The zero-order valence-electron chi connectivity index (χ0n) is 17.7. The van der Waals surface area contributed by atoms with Crippen LogP contribution >= 0.6 is 0 Å². The molecule has 0 unspecified atom stereocenters. The summed E-state index contributed by atoms with van der Waals surface area (Å²) in [4.78, 5) is 11.9. The molecule has 0 amide bonds. The molecule has 0 spiro atoms. The van der Waals surface area contributed by atoms with Crippen LogP contribution < -0.4 is 5.73 Å². The molecule has 3 N–H and O–H groups in total. The van der Waals surface area contributed by atoms with Crippen LogP contribution in [0.2, 0.25) is 0 Å². The van der Waals surface area contributed by atoms with Crippen LogP contribution in [0.25, 0.3) is 11.4 Å². The van der Waals surface area contributed by atoms with E-state index in [0.29, 0.717) is 24.9 Å². The topological polar surface area (TPSA) is 114 Å². The molecule has 160 valence electrons. The van der Waals surface area contributed by atoms with Gasteiger partial charge in [0, 0.05) is 18.7 Å². The van der Waals surface area contributed by atoms with Gasteiger partial charge in [0.1, 0.15) is 6.61 Å². The van der Waals surface area contributed by atoms with Gasteiger partial charge in [-0.1, -0.05) is 64.4 Å². The highest BCUT2D eigenvalue weighted by molar-refractivity contribution is 5.98. The highest BCUT2D eigenvalue weighted by Gasteiger charge is 2.29. The molecule has 1 aliphatic rings. The number of rotatable bonds is 6. The van der Waals surface area contributed by atoms with Crippen molar-refractivity contribution in [2.75, 3.05) is 13.1 Å². The van der Waals surface area contributed by atoms with Gasteiger partial charge in [-0.2, -0.15) is 4.98 Å². The number of nitrogens with two attached hydrogens (primary N) is 1. The number of hydrogen-bond donors (Lipinski definition) is 2. The number of nitrogens with zero attached hydrogens (tertiary/aromatic N) is 4. The van der Waals surface area contributed by atoms with Crippen molar-refractivity contribution in [2.24, 2.45) is 10.9 Å². The summed E-state index contributed by atoms with van der Waals surface area (Å²) in [7, 11) is 0. The van der Waals surface area contributed by atoms with Crippen molar-refractivity contribution < 1.29 is 9.36 Å². The summed E-state index contributed by atoms with van der Waals surface area (Å²) in [5, 5.41) is 15.9. The fourth-order valence-electron chi connectivity index (χ4n) is 3.50. The van der Waals surface area contributed by atoms with E-state index in [1.54, 1.807) is 0 Å². The van der Waals surface area contributed by atoms with Gasteiger partial charge in [-0.05, 0) is 31.4 Å². The van der Waals surface area contributed by atoms with Crippen molar-refractivity contribution in [3.8, 4) is 11.4 Å². The van der Waals surface area contributed by atoms with Crippen molar-refractivity contribution in [2.45, 2.75) is 32.8 Å². The predicted octanol–water partition coefficient (Wildman–Crippen LogP) is 3.67. The van der Waals surface area contributed by atoms with Crippen LogP contribution in [-0.2, 0) is 11.4 Å². The minimum atomic E-state index is 0.0812. The Morgan fingerprint density at radius 3 is 2.65 bits per heavy atom. The van der Waals surface area contributed by atoms with E-state index in [4.69, 9.17) is 20.5 Å². The number of aromatic nitrogens is 2. The zero-order valence-corrected chi connectivity index (χ0v) is 17.7. The molecule has 1 saturated heterocycles. The van der Waals surface area contributed by atoms with E-state index in [0.717, 1.165) is 35.4 Å². The molecule has 1 fully saturated rings. The summed E-state index contributed by atoms with van der Waals surface area (Å²) in [6, 6.07) is 16.0. The SMILES string of the molecule is C/C(=N\OCc1ccc(C)cc1)c1ccc(-c2noc([C@@H]3CCN(C(=N)N)C3)n2)cc1. The number of oxime groups is 1. The molecule has 8 nitrogen and oxygen atoms in total. The number of guanidine groups is 1. The maximum absolute atomic E-state index is 7.55. The molecule has 1 atom stereocenters. The highest BCUT2D eigenvalue weighted by Crippen LogP contribution is 2.27. The zero-order chi connectivity index (χ0) is 21.8. The molecular formula is C23H26N6O2. The number of aryl methyl sites for hydroxylation is 1. The number of benzene rings is 2. The van der Waals surface area contributed by atoms with Gasteiger partial charge in [-0.25, -0.2) is 0 Å². The third kappa shape index (κ3) is 4.91. The maximum atomic E-state index is 7.55. The number of likely N-dealkylation sites (tertiary alicyclic amines) is 1. The first-order valence-electron chi connectivity index (χ1n) is 10.2. The Morgan fingerprint density at radius 1 is 1.23 bits per heavy atom. The molecule has 2 heterocycles. The van der Waals surface area contributed by atoms with Crippen molar-refractivity contribution in [3.05, 3.63) is 71.1 Å². The predicted molar refractivity (Wildman–Crippen MR) is 119 cm³/mol. The molecular weight excluding hydrogens is 392 g/mol. The molecule has 0 radical (unpaired) electrons. The van der Waals surface area contributed by atoms with Gasteiger partial charge in [0.05, 0.1) is 11.6 Å². The summed E-state index contributed by atoms with van der Waals surface area (Å²) >= 11 is 0. The molecule has 1 aliphatic heterocycles. The lowest BCUT2D eigenvalue weighted by molar-refractivity contribution is 0.130. The van der Waals surface area contributed by atoms with E-state index in [9.17, 15) is 0 Å². The second kappa shape index (κ2) is 8.99. The van der Waals surface area contributed by atoms with Gasteiger partial charge >= 0.3 is 0 Å². The number of hydrogen-bond acceptors (Lipinski definition) is 6. The van der Waals surface area contributed by atoms with Gasteiger partial charge in [0.2, 0.25) is 11.7 Å². The van der Waals surface area contributed by atoms with E-state index < -0.39 is 0 Å². The van der Waals surface area contributed by atoms with Gasteiger partial charge in [-0.3, -0.25) is 5.41 Å². The van der Waals surface area contributed by atoms with Gasteiger partial charge in [0.25, 0.3) is 0 Å². The third-order valence-corrected chi connectivity index (χ3v) is 5.43. The standard InChI is InChI=1S/C23H26N6O2/c1-15-3-5-17(6-4-15)14-30-27-16(2)18-7-9-19(10-8-18)21-26-22(31-28-21)20-11-12-29(13-20)23(24)25/h3-10,20H,11-14H2,1-2H3,(H3,24,25)/b27-16+/t20-/m1/s1. The summed E-state index contributed by atoms with van der Waals surface area (Å²) < 4.78 is 5.47. The lowest BCUT2D eigenvalue weighted by atomic mass is 10.1. The first-order valence-corrected chi connectivity index (χ1v) is 10.2. The molecule has 0 aliphatic carbocycles. The second-order valence-corrected chi connectivity index (χ2v) is 7.79. The van der Waals surface area contributed by atoms with Crippen LogP contribution in [0.3, 0.4) is 0 Å². The molecule has 31 heavy (non-hydrogen) atoms. The van der Waals surface area contributed by atoms with E-state index in [1.807, 2.05) is 48.2 Å². The van der Waals surface area contributed by atoms with Crippen LogP contribution in [0.15, 0.2) is 58.2 Å². The highest BCUT2D eigenvalue weighted by atomic mass is 16.6. The van der Waals surface area contributed by atoms with Gasteiger partial charge < -0.3 is 20.0 Å². The first kappa shape index (κ1) is 20.6. The van der Waals surface area contributed by atoms with E-state index in [1.165, 1.54) is 5.56 Å². The van der Waals surface area contributed by atoms with Gasteiger partial charge in [-0.15, -0.1) is 0 Å². The van der Waals surface area contributed by atoms with Crippen LogP contribution in [0, 0.1) is 12.3 Å². The second-order valence-electron chi connectivity index (χ2n) is 7.79. The average Bonchev–Trinajstić information content (AvgIpc) is 3.45. The van der Waals surface area contributed by atoms with Gasteiger partial charge in [0.15, 0.2) is 5.96 Å². The largest absolute Gasteiger partial charge is 0.391 e. The van der Waals surface area contributed by atoms with Crippen LogP contribution in [0.4, 0.5) is 0 Å². The minimum absolute atomic E-state index is 0.0812. The van der Waals surface area contributed by atoms with Crippen molar-refractivity contribution in [1.82, 2.24) is 15.0 Å². The molecule has 3 aromatic rings. The Labute approximate surface area is 181 Å². The van der Waals surface area contributed by atoms with Crippen molar-refractivity contribution in [3.63, 3.8) is 0 Å². The summed E-state index contributed by atoms with van der Waals surface area (Å²) in [5.41, 5.74) is 10.5. The maximum Gasteiger partial charge on any atom is 0.231 e. The molecule has 2 aromatic carbocycles. The Morgan fingerprint density at radius 2 is 1.97 bits per heavy atom. The average molecular weight is 419 g/mol. The minimum Gasteiger partial charge on any atom is -0.391 e. The monoisotopic (exact) mass is 418 g/mol. The number of nitrogens with one attached hydrogen (secondary N) is 1. The summed E-state index contributed by atoms with van der Waals surface area (Å²) in [6.45, 7) is 5.77. The van der Waals surface area contributed by atoms with E-state index in [-0.39, 0.29) is 11.9 Å². The molecule has 0 saturated carbocycles. The van der Waals surface area contributed by atoms with Crippen molar-refractivity contribution >= 4 is 11.7 Å². The fraction of sp³-hybridized carbons (Fsp3) is 0.304. The molecule has 0 bridgehead atoms. The molecule has 4 rings (SSSR count). The Hall–Kier alpha value is -3.68. The fourth-order valence-corrected chi connectivity index (χ4v) is 3.50. The van der Waals surface area contributed by atoms with Crippen molar-refractivity contribution in [1.29, 1.82) is 5.41 Å². The molecule has 8 heteroatoms. The smallest absolute Gasteiger partial charge is 0.231 e. The Balaban J connectivity index is 1.37. The quantitative estimate of drug-likeness (QED) is 0.359. The summed E-state index contributed by atoms with van der Waals surface area (Å²) in [5.74, 6) is 1.32. The van der Waals surface area contributed by atoms with E-state index in [2.05, 4.69) is 34.4 Å². The lowest BCUT2D eigenvalue weighted by Crippen LogP contribution is -2.34. The Kier molecular flexibility index (Phi) is 5.97. The first-order chi connectivity index (χ1) is 15.0. The van der Waals surface area contributed by atoms with Crippen LogP contribution in [-0.4, -0.2) is 39.8 Å². The van der Waals surface area contributed by atoms with E-state index >= 15 is 0 Å². The normalized spacial score (nSPS) is 16.5. The lowest BCUT2D eigenvalue weighted by Gasteiger charge is -2.14. The third-order valence-electron chi connectivity index (χ3n) is 5.43. The summed E-state index contributed by atoms with van der Waals surface area (Å²) in [6.07, 6.45) is 0.846.